The molecular weight excluding hydrogens is 168 g/mol. The van der Waals surface area contributed by atoms with Crippen LogP contribution in [0.15, 0.2) is 30.3 Å². The number of ether oxygens (including phenoxy) is 1. The van der Waals surface area contributed by atoms with E-state index in [4.69, 9.17) is 4.74 Å². The average molecular weight is 180 g/mol. The van der Waals surface area contributed by atoms with Crippen LogP contribution in [0.5, 0.6) is 0 Å². The Morgan fingerprint density at radius 3 is 2.62 bits per heavy atom. The largest absolute Gasteiger partial charge is 0.431 e. The van der Waals surface area contributed by atoms with Crippen LogP contribution in [0, 0.1) is 0 Å². The van der Waals surface area contributed by atoms with Gasteiger partial charge in [0.1, 0.15) is 0 Å². The average Bonchev–Trinajstić information content (AvgIpc) is 2.19. The maximum Gasteiger partial charge on any atom is 0.308 e. The minimum Gasteiger partial charge on any atom is -0.431 e. The molecule has 0 heterocycles. The van der Waals surface area contributed by atoms with Gasteiger partial charge in [-0.2, -0.15) is 0 Å². The molecule has 1 rings (SSSR count). The van der Waals surface area contributed by atoms with E-state index in [0.29, 0.717) is 5.56 Å². The third-order valence-electron chi connectivity index (χ3n) is 1.62. The second-order valence-corrected chi connectivity index (χ2v) is 2.61. The number of esters is 1. The van der Waals surface area contributed by atoms with Gasteiger partial charge in [0.05, 0.1) is 0 Å². The van der Waals surface area contributed by atoms with Gasteiger partial charge in [0.25, 0.3) is 0 Å². The summed E-state index contributed by atoms with van der Waals surface area (Å²) in [6, 6.07) is 8.79. The third-order valence-corrected chi connectivity index (χ3v) is 1.62. The molecule has 0 aliphatic heterocycles. The third kappa shape index (κ3) is 2.87. The molecule has 1 atom stereocenters. The molecule has 0 aromatic heterocycles. The highest BCUT2D eigenvalue weighted by molar-refractivity contribution is 5.69. The molecule has 1 aromatic carbocycles. The van der Waals surface area contributed by atoms with Gasteiger partial charge >= 0.3 is 5.97 Å². The molecule has 0 saturated carbocycles. The van der Waals surface area contributed by atoms with Crippen LogP contribution in [0.3, 0.4) is 0 Å². The van der Waals surface area contributed by atoms with E-state index in [9.17, 15) is 9.90 Å². The number of hydrogen-bond donors (Lipinski definition) is 1. The van der Waals surface area contributed by atoms with Crippen molar-refractivity contribution in [3.8, 4) is 0 Å². The maximum absolute atomic E-state index is 10.8. The predicted molar refractivity (Wildman–Crippen MR) is 47.8 cm³/mol. The van der Waals surface area contributed by atoms with Crippen LogP contribution < -0.4 is 0 Å². The van der Waals surface area contributed by atoms with Crippen molar-refractivity contribution in [3.05, 3.63) is 35.9 Å². The molecule has 3 heteroatoms. The Morgan fingerprint density at radius 2 is 2.08 bits per heavy atom. The SMILES string of the molecule is CCC(=O)OC(O)c1ccccc1. The first-order valence-electron chi connectivity index (χ1n) is 4.16. The molecule has 1 unspecified atom stereocenters. The first-order chi connectivity index (χ1) is 6.24. The van der Waals surface area contributed by atoms with Crippen molar-refractivity contribution in [1.29, 1.82) is 0 Å². The van der Waals surface area contributed by atoms with Crippen molar-refractivity contribution >= 4 is 5.97 Å². The van der Waals surface area contributed by atoms with E-state index < -0.39 is 12.3 Å². The molecule has 0 saturated heterocycles. The van der Waals surface area contributed by atoms with Gasteiger partial charge in [-0.25, -0.2) is 0 Å². The van der Waals surface area contributed by atoms with Gasteiger partial charge in [-0.15, -0.1) is 0 Å². The Labute approximate surface area is 77.0 Å². The fourth-order valence-electron chi connectivity index (χ4n) is 0.894. The van der Waals surface area contributed by atoms with Crippen LogP contribution in [0.25, 0.3) is 0 Å². The summed E-state index contributed by atoms with van der Waals surface area (Å²) in [6.45, 7) is 1.68. The van der Waals surface area contributed by atoms with E-state index in [1.807, 2.05) is 6.07 Å². The molecule has 0 aliphatic rings. The van der Waals surface area contributed by atoms with Crippen LogP contribution in [0.1, 0.15) is 25.2 Å². The predicted octanol–water partition coefficient (Wildman–Crippen LogP) is 1.63. The number of aliphatic hydroxyl groups is 1. The molecule has 0 fully saturated rings. The van der Waals surface area contributed by atoms with Crippen LogP contribution in [-0.4, -0.2) is 11.1 Å². The van der Waals surface area contributed by atoms with E-state index >= 15 is 0 Å². The highest BCUT2D eigenvalue weighted by atomic mass is 16.6. The Morgan fingerprint density at radius 1 is 1.46 bits per heavy atom. The summed E-state index contributed by atoms with van der Waals surface area (Å²) in [7, 11) is 0. The number of carbonyl (C=O) groups excluding carboxylic acids is 1. The molecule has 0 radical (unpaired) electrons. The number of rotatable bonds is 3. The number of hydrogen-bond acceptors (Lipinski definition) is 3. The summed E-state index contributed by atoms with van der Waals surface area (Å²) in [6.07, 6.45) is -0.877. The lowest BCUT2D eigenvalue weighted by atomic mass is 10.2. The van der Waals surface area contributed by atoms with Crippen LogP contribution in [0.2, 0.25) is 0 Å². The number of aliphatic hydroxyl groups excluding tert-OH is 1. The molecule has 1 aromatic rings. The van der Waals surface area contributed by atoms with Crippen molar-refractivity contribution in [2.75, 3.05) is 0 Å². The molecule has 0 bridgehead atoms. The molecule has 1 N–H and O–H groups in total. The smallest absolute Gasteiger partial charge is 0.308 e. The van der Waals surface area contributed by atoms with Crippen LogP contribution in [-0.2, 0) is 9.53 Å². The first-order valence-corrected chi connectivity index (χ1v) is 4.16. The van der Waals surface area contributed by atoms with Gasteiger partial charge in [0, 0.05) is 12.0 Å². The quantitative estimate of drug-likeness (QED) is 0.568. The second kappa shape index (κ2) is 4.62. The molecule has 70 valence electrons. The summed E-state index contributed by atoms with van der Waals surface area (Å²) >= 11 is 0. The highest BCUT2D eigenvalue weighted by Gasteiger charge is 2.10. The fraction of sp³-hybridized carbons (Fsp3) is 0.300. The van der Waals surface area contributed by atoms with Gasteiger partial charge in [-0.1, -0.05) is 37.3 Å². The Balaban J connectivity index is 2.59. The summed E-state index contributed by atoms with van der Waals surface area (Å²) in [4.78, 5) is 10.8. The zero-order chi connectivity index (χ0) is 9.68. The zero-order valence-corrected chi connectivity index (χ0v) is 7.43. The Kier molecular flexibility index (Phi) is 3.46. The van der Waals surface area contributed by atoms with E-state index in [2.05, 4.69) is 0 Å². The van der Waals surface area contributed by atoms with Crippen molar-refractivity contribution in [2.45, 2.75) is 19.6 Å². The maximum atomic E-state index is 10.8. The van der Waals surface area contributed by atoms with Gasteiger partial charge in [-0.05, 0) is 0 Å². The summed E-state index contributed by atoms with van der Waals surface area (Å²) in [5, 5.41) is 9.38. The number of benzene rings is 1. The second-order valence-electron chi connectivity index (χ2n) is 2.61. The van der Waals surface area contributed by atoms with Crippen molar-refractivity contribution < 1.29 is 14.6 Å². The zero-order valence-electron chi connectivity index (χ0n) is 7.43. The monoisotopic (exact) mass is 180 g/mol. The van der Waals surface area contributed by atoms with Crippen LogP contribution >= 0.6 is 0 Å². The van der Waals surface area contributed by atoms with Gasteiger partial charge < -0.3 is 9.84 Å². The topological polar surface area (TPSA) is 46.5 Å². The Bertz CT molecular complexity index is 269. The lowest BCUT2D eigenvalue weighted by molar-refractivity contribution is -0.168. The van der Waals surface area contributed by atoms with Gasteiger partial charge in [-0.3, -0.25) is 4.79 Å². The van der Waals surface area contributed by atoms with E-state index in [-0.39, 0.29) is 6.42 Å². The summed E-state index contributed by atoms with van der Waals surface area (Å²) in [5.74, 6) is -0.406. The molecule has 13 heavy (non-hydrogen) atoms. The molecular formula is C10H12O3. The standard InChI is InChI=1S/C10H12O3/c1-2-9(11)13-10(12)8-6-4-3-5-7-8/h3-7,10,12H,2H2,1H3. The van der Waals surface area contributed by atoms with Gasteiger partial charge in [0.2, 0.25) is 6.29 Å². The van der Waals surface area contributed by atoms with E-state index in [1.54, 1.807) is 31.2 Å². The number of carbonyl (C=O) groups is 1. The summed E-state index contributed by atoms with van der Waals surface area (Å²) < 4.78 is 4.70. The first kappa shape index (κ1) is 9.74. The van der Waals surface area contributed by atoms with Crippen molar-refractivity contribution in [1.82, 2.24) is 0 Å². The lowest BCUT2D eigenvalue weighted by Gasteiger charge is -2.10. The van der Waals surface area contributed by atoms with Crippen LogP contribution in [0.4, 0.5) is 0 Å². The minimum absolute atomic E-state index is 0.268. The Hall–Kier alpha value is -1.35. The fourth-order valence-corrected chi connectivity index (χ4v) is 0.894. The minimum atomic E-state index is -1.14. The van der Waals surface area contributed by atoms with Crippen molar-refractivity contribution in [2.24, 2.45) is 0 Å². The van der Waals surface area contributed by atoms with E-state index in [1.165, 1.54) is 0 Å². The highest BCUT2D eigenvalue weighted by Crippen LogP contribution is 2.13. The molecule has 0 spiro atoms. The molecule has 0 aliphatic carbocycles. The lowest BCUT2D eigenvalue weighted by Crippen LogP contribution is -2.09. The van der Waals surface area contributed by atoms with Crippen molar-refractivity contribution in [3.63, 3.8) is 0 Å². The summed E-state index contributed by atoms with van der Waals surface area (Å²) in [5.41, 5.74) is 0.587. The molecule has 3 nitrogen and oxygen atoms in total. The van der Waals surface area contributed by atoms with E-state index in [0.717, 1.165) is 0 Å². The molecule has 0 amide bonds. The van der Waals surface area contributed by atoms with Gasteiger partial charge in [0.15, 0.2) is 0 Å². The normalized spacial score (nSPS) is 12.2.